The van der Waals surface area contributed by atoms with Crippen molar-refractivity contribution < 1.29 is 19.0 Å². The Balaban J connectivity index is 1.74. The van der Waals surface area contributed by atoms with Crippen molar-refractivity contribution in [1.29, 1.82) is 0 Å². The van der Waals surface area contributed by atoms with Crippen LogP contribution < -0.4 is 20.5 Å². The van der Waals surface area contributed by atoms with E-state index in [0.717, 1.165) is 17.5 Å². The number of benzene rings is 1. The third-order valence-electron chi connectivity index (χ3n) is 4.71. The third kappa shape index (κ3) is 4.23. The molecule has 3 rings (SSSR count). The van der Waals surface area contributed by atoms with Crippen LogP contribution in [-0.4, -0.2) is 48.7 Å². The number of hydrogen-bond acceptors (Lipinski definition) is 6. The zero-order chi connectivity index (χ0) is 19.4. The van der Waals surface area contributed by atoms with Crippen LogP contribution in [0, 0.1) is 6.92 Å². The van der Waals surface area contributed by atoms with Gasteiger partial charge in [0.15, 0.2) is 11.5 Å². The largest absolute Gasteiger partial charge is 0.493 e. The second-order valence-corrected chi connectivity index (χ2v) is 6.57. The predicted octanol–water partition coefficient (Wildman–Crippen LogP) is 1.70. The van der Waals surface area contributed by atoms with Gasteiger partial charge in [0.25, 0.3) is 5.91 Å². The Morgan fingerprint density at radius 3 is 2.78 bits per heavy atom. The minimum atomic E-state index is -0.470. The minimum absolute atomic E-state index is 0.0430. The number of methoxy groups -OCH3 is 2. The van der Waals surface area contributed by atoms with E-state index in [2.05, 4.69) is 10.4 Å². The Morgan fingerprint density at radius 1 is 1.33 bits per heavy atom. The average molecular weight is 374 g/mol. The Morgan fingerprint density at radius 2 is 2.11 bits per heavy atom. The molecule has 0 unspecified atom stereocenters. The highest BCUT2D eigenvalue weighted by Gasteiger charge is 2.30. The highest BCUT2D eigenvalue weighted by molar-refractivity contribution is 5.94. The van der Waals surface area contributed by atoms with Gasteiger partial charge in [0, 0.05) is 12.1 Å². The lowest BCUT2D eigenvalue weighted by Gasteiger charge is -2.15. The molecule has 3 N–H and O–H groups in total. The fourth-order valence-electron chi connectivity index (χ4n) is 3.18. The molecule has 8 nitrogen and oxygen atoms in total. The van der Waals surface area contributed by atoms with E-state index in [1.807, 2.05) is 25.1 Å². The van der Waals surface area contributed by atoms with Crippen LogP contribution in [0.2, 0.25) is 0 Å². The van der Waals surface area contributed by atoms with Gasteiger partial charge in [-0.15, -0.1) is 0 Å². The van der Waals surface area contributed by atoms with Crippen molar-refractivity contribution in [3.8, 4) is 11.5 Å². The summed E-state index contributed by atoms with van der Waals surface area (Å²) >= 11 is 0. The van der Waals surface area contributed by atoms with Crippen LogP contribution in [-0.2, 0) is 16.1 Å². The van der Waals surface area contributed by atoms with Gasteiger partial charge in [0.05, 0.1) is 33.1 Å². The van der Waals surface area contributed by atoms with Crippen LogP contribution in [0.15, 0.2) is 24.4 Å². The lowest BCUT2D eigenvalue weighted by Crippen LogP contribution is -2.30. The van der Waals surface area contributed by atoms with Crippen molar-refractivity contribution in [3.05, 3.63) is 35.5 Å². The van der Waals surface area contributed by atoms with Gasteiger partial charge in [-0.05, 0) is 37.5 Å². The number of rotatable bonds is 7. The first-order valence-corrected chi connectivity index (χ1v) is 8.95. The highest BCUT2D eigenvalue weighted by Crippen LogP contribution is 2.28. The molecule has 8 heteroatoms. The summed E-state index contributed by atoms with van der Waals surface area (Å²) in [5, 5.41) is 7.35. The van der Waals surface area contributed by atoms with Gasteiger partial charge in [0.1, 0.15) is 11.9 Å². The molecule has 2 atom stereocenters. The fourth-order valence-corrected chi connectivity index (χ4v) is 3.18. The van der Waals surface area contributed by atoms with Gasteiger partial charge in [-0.25, -0.2) is 4.68 Å². The number of ether oxygens (including phenoxy) is 3. The molecule has 27 heavy (non-hydrogen) atoms. The summed E-state index contributed by atoms with van der Waals surface area (Å²) in [5.74, 6) is 1.81. The van der Waals surface area contributed by atoms with Crippen LogP contribution >= 0.6 is 0 Å². The van der Waals surface area contributed by atoms with E-state index < -0.39 is 6.10 Å². The van der Waals surface area contributed by atoms with Crippen LogP contribution in [0.25, 0.3) is 0 Å². The molecule has 1 fully saturated rings. The summed E-state index contributed by atoms with van der Waals surface area (Å²) in [7, 11) is 3.20. The SMILES string of the molecule is COc1ccc(Cn2ncc(C)c2NC(=O)[C@@H]2CC[C@H](CN)O2)cc1OC. The van der Waals surface area contributed by atoms with E-state index >= 15 is 0 Å². The Hall–Kier alpha value is -2.58. The van der Waals surface area contributed by atoms with E-state index in [1.54, 1.807) is 25.1 Å². The van der Waals surface area contributed by atoms with Crippen molar-refractivity contribution in [1.82, 2.24) is 9.78 Å². The van der Waals surface area contributed by atoms with Gasteiger partial charge in [-0.3, -0.25) is 4.79 Å². The van der Waals surface area contributed by atoms with E-state index in [-0.39, 0.29) is 12.0 Å². The molecule has 0 spiro atoms. The van der Waals surface area contributed by atoms with Crippen molar-refractivity contribution in [3.63, 3.8) is 0 Å². The molecule has 1 aliphatic heterocycles. The average Bonchev–Trinajstić information content (AvgIpc) is 3.30. The Labute approximate surface area is 158 Å². The maximum Gasteiger partial charge on any atom is 0.254 e. The lowest BCUT2D eigenvalue weighted by atomic mass is 10.2. The number of anilines is 1. The summed E-state index contributed by atoms with van der Waals surface area (Å²) in [6, 6.07) is 5.69. The highest BCUT2D eigenvalue weighted by atomic mass is 16.5. The Kier molecular flexibility index (Phi) is 5.98. The van der Waals surface area contributed by atoms with Crippen molar-refractivity contribution in [2.45, 2.75) is 38.5 Å². The van der Waals surface area contributed by atoms with Crippen molar-refractivity contribution in [2.75, 3.05) is 26.1 Å². The molecule has 2 heterocycles. The fraction of sp³-hybridized carbons (Fsp3) is 0.474. The minimum Gasteiger partial charge on any atom is -0.493 e. The quantitative estimate of drug-likeness (QED) is 0.765. The number of amides is 1. The first-order chi connectivity index (χ1) is 13.0. The van der Waals surface area contributed by atoms with Gasteiger partial charge < -0.3 is 25.3 Å². The number of hydrogen-bond donors (Lipinski definition) is 2. The predicted molar refractivity (Wildman–Crippen MR) is 101 cm³/mol. The molecule has 1 amide bonds. The summed E-state index contributed by atoms with van der Waals surface area (Å²) in [6.45, 7) is 2.83. The second-order valence-electron chi connectivity index (χ2n) is 6.57. The standard InChI is InChI=1S/C19H26N4O4/c1-12-10-21-23(11-13-4-6-15(25-2)17(8-13)26-3)18(12)22-19(24)16-7-5-14(9-20)27-16/h4,6,8,10,14,16H,5,7,9,11,20H2,1-3H3,(H,22,24)/t14-,16+/m1/s1. The van der Waals surface area contributed by atoms with Gasteiger partial charge >= 0.3 is 0 Å². The normalized spacial score (nSPS) is 19.1. The van der Waals surface area contributed by atoms with Gasteiger partial charge in [0.2, 0.25) is 0 Å². The molecule has 1 saturated heterocycles. The number of nitrogens with zero attached hydrogens (tertiary/aromatic N) is 2. The first kappa shape index (κ1) is 19.2. The third-order valence-corrected chi connectivity index (χ3v) is 4.71. The van der Waals surface area contributed by atoms with Gasteiger partial charge in [-0.1, -0.05) is 6.07 Å². The van der Waals surface area contributed by atoms with Crippen LogP contribution in [0.5, 0.6) is 11.5 Å². The number of carbonyl (C=O) groups excluding carboxylic acids is 1. The van der Waals surface area contributed by atoms with Crippen LogP contribution in [0.1, 0.15) is 24.0 Å². The van der Waals surface area contributed by atoms with Crippen molar-refractivity contribution in [2.24, 2.45) is 5.73 Å². The molecule has 0 saturated carbocycles. The van der Waals surface area contributed by atoms with Gasteiger partial charge in [-0.2, -0.15) is 5.10 Å². The topological polar surface area (TPSA) is 101 Å². The number of aryl methyl sites for hydroxylation is 1. The number of carbonyl (C=O) groups is 1. The molecule has 146 valence electrons. The van der Waals surface area contributed by atoms with Crippen LogP contribution in [0.4, 0.5) is 5.82 Å². The molecular formula is C19H26N4O4. The first-order valence-electron chi connectivity index (χ1n) is 8.95. The second kappa shape index (κ2) is 8.41. The van der Waals surface area contributed by atoms with E-state index in [4.69, 9.17) is 19.9 Å². The van der Waals surface area contributed by atoms with E-state index in [9.17, 15) is 4.79 Å². The van der Waals surface area contributed by atoms with E-state index in [1.165, 1.54) is 0 Å². The number of nitrogens with one attached hydrogen (secondary N) is 1. The molecule has 0 bridgehead atoms. The zero-order valence-corrected chi connectivity index (χ0v) is 15.9. The maximum absolute atomic E-state index is 12.6. The maximum atomic E-state index is 12.6. The number of aromatic nitrogens is 2. The Bertz CT molecular complexity index is 805. The molecule has 2 aromatic rings. The smallest absolute Gasteiger partial charge is 0.254 e. The summed E-state index contributed by atoms with van der Waals surface area (Å²) in [6.07, 6.45) is 2.70. The number of nitrogens with two attached hydrogens (primary N) is 1. The molecule has 1 aromatic heterocycles. The van der Waals surface area contributed by atoms with E-state index in [0.29, 0.717) is 36.8 Å². The summed E-state index contributed by atoms with van der Waals surface area (Å²) in [4.78, 5) is 12.6. The monoisotopic (exact) mass is 374 g/mol. The molecule has 0 aliphatic carbocycles. The molecule has 0 radical (unpaired) electrons. The zero-order valence-electron chi connectivity index (χ0n) is 15.9. The van der Waals surface area contributed by atoms with Crippen molar-refractivity contribution >= 4 is 11.7 Å². The summed E-state index contributed by atoms with van der Waals surface area (Å²) in [5.41, 5.74) is 7.49. The summed E-state index contributed by atoms with van der Waals surface area (Å²) < 4.78 is 18.1. The molecular weight excluding hydrogens is 348 g/mol. The molecule has 1 aliphatic rings. The lowest BCUT2D eigenvalue weighted by molar-refractivity contribution is -0.126. The van der Waals surface area contributed by atoms with Crippen LogP contribution in [0.3, 0.4) is 0 Å². The molecule has 1 aromatic carbocycles.